The van der Waals surface area contributed by atoms with E-state index < -0.39 is 17.9 Å². The predicted octanol–water partition coefficient (Wildman–Crippen LogP) is 5.01. The van der Waals surface area contributed by atoms with E-state index >= 15 is 0 Å². The number of fused-ring (bicyclic) bond motifs is 2. The van der Waals surface area contributed by atoms with Crippen molar-refractivity contribution >= 4 is 33.7 Å². The second-order valence-corrected chi connectivity index (χ2v) is 7.28. The first kappa shape index (κ1) is 21.4. The van der Waals surface area contributed by atoms with Crippen LogP contribution in [0.1, 0.15) is 28.5 Å². The quantitative estimate of drug-likeness (QED) is 0.433. The van der Waals surface area contributed by atoms with E-state index in [9.17, 15) is 14.0 Å². The summed E-state index contributed by atoms with van der Waals surface area (Å²) in [6.07, 6.45) is -0.647. The number of aromatic nitrogens is 1. The summed E-state index contributed by atoms with van der Waals surface area (Å²) in [5, 5.41) is 5.27. The molecule has 0 saturated heterocycles. The molecule has 3 aromatic carbocycles. The van der Waals surface area contributed by atoms with Crippen LogP contribution in [0, 0.1) is 5.82 Å². The van der Waals surface area contributed by atoms with Crippen molar-refractivity contribution in [3.8, 4) is 0 Å². The van der Waals surface area contributed by atoms with E-state index in [-0.39, 0.29) is 18.8 Å². The molecule has 0 saturated carbocycles. The number of hydrogen-bond acceptors (Lipinski definition) is 4. The van der Waals surface area contributed by atoms with E-state index in [1.54, 1.807) is 13.0 Å². The summed E-state index contributed by atoms with van der Waals surface area (Å²) in [6, 6.07) is 18.3. The van der Waals surface area contributed by atoms with Crippen LogP contribution in [0.3, 0.4) is 0 Å². The van der Waals surface area contributed by atoms with Crippen LogP contribution in [-0.4, -0.2) is 30.3 Å². The van der Waals surface area contributed by atoms with Crippen LogP contribution in [0.2, 0.25) is 0 Å². The molecule has 0 bridgehead atoms. The molecule has 1 heterocycles. The van der Waals surface area contributed by atoms with Crippen LogP contribution in [0.15, 0.2) is 60.7 Å². The second-order valence-electron chi connectivity index (χ2n) is 7.28. The highest BCUT2D eigenvalue weighted by atomic mass is 19.1. The number of methoxy groups -OCH3 is 1. The Bertz CT molecular complexity index is 1310. The van der Waals surface area contributed by atoms with Gasteiger partial charge in [-0.2, -0.15) is 0 Å². The highest BCUT2D eigenvalue weighted by Gasteiger charge is 2.25. The number of halogens is 1. The fourth-order valence-corrected chi connectivity index (χ4v) is 4.01. The molecule has 1 N–H and O–H groups in total. The van der Waals surface area contributed by atoms with E-state index in [1.165, 1.54) is 19.2 Å². The number of nitrogens with one attached hydrogen (secondary N) is 1. The van der Waals surface area contributed by atoms with Crippen molar-refractivity contribution in [1.29, 1.82) is 0 Å². The molecule has 7 heteroatoms. The van der Waals surface area contributed by atoms with Crippen molar-refractivity contribution in [2.75, 3.05) is 13.7 Å². The number of hydrogen-bond donors (Lipinski definition) is 1. The molecule has 0 aliphatic heterocycles. The van der Waals surface area contributed by atoms with Crippen LogP contribution in [0.4, 0.5) is 9.18 Å². The van der Waals surface area contributed by atoms with E-state index in [2.05, 4.69) is 10.1 Å². The molecule has 164 valence electrons. The largest absolute Gasteiger partial charge is 0.461 e. The van der Waals surface area contributed by atoms with Crippen LogP contribution >= 0.6 is 0 Å². The van der Waals surface area contributed by atoms with Crippen LogP contribution in [0.5, 0.6) is 0 Å². The van der Waals surface area contributed by atoms with E-state index in [4.69, 9.17) is 4.74 Å². The Morgan fingerprint density at radius 3 is 2.59 bits per heavy atom. The lowest BCUT2D eigenvalue weighted by Gasteiger charge is -2.14. The minimum absolute atomic E-state index is 0.0106. The van der Waals surface area contributed by atoms with Crippen molar-refractivity contribution < 1.29 is 23.5 Å². The number of nitrogens with zero attached hydrogens (tertiary/aromatic N) is 1. The van der Waals surface area contributed by atoms with Gasteiger partial charge in [0.1, 0.15) is 11.5 Å². The first-order valence-corrected chi connectivity index (χ1v) is 10.3. The zero-order chi connectivity index (χ0) is 22.7. The lowest BCUT2D eigenvalue weighted by Crippen LogP contribution is -2.24. The van der Waals surface area contributed by atoms with Gasteiger partial charge in [0, 0.05) is 29.6 Å². The molecule has 0 radical (unpaired) electrons. The predicted molar refractivity (Wildman–Crippen MR) is 120 cm³/mol. The van der Waals surface area contributed by atoms with Gasteiger partial charge in [-0.05, 0) is 41.5 Å². The fraction of sp³-hybridized carbons (Fsp3) is 0.200. The number of benzene rings is 3. The molecule has 1 aromatic heterocycles. The lowest BCUT2D eigenvalue weighted by molar-refractivity contribution is 0.0513. The van der Waals surface area contributed by atoms with Crippen molar-refractivity contribution in [1.82, 2.24) is 9.88 Å². The molecule has 0 atom stereocenters. The number of amides is 1. The third kappa shape index (κ3) is 4.01. The van der Waals surface area contributed by atoms with Crippen LogP contribution < -0.4 is 5.32 Å². The fourth-order valence-electron chi connectivity index (χ4n) is 4.01. The molecular formula is C25H23FN2O4. The maximum absolute atomic E-state index is 14.2. The lowest BCUT2D eigenvalue weighted by atomic mass is 10.0. The Balaban J connectivity index is 1.92. The van der Waals surface area contributed by atoms with Crippen LogP contribution in [-0.2, 0) is 22.6 Å². The number of esters is 1. The van der Waals surface area contributed by atoms with Gasteiger partial charge < -0.3 is 19.4 Å². The highest BCUT2D eigenvalue weighted by Crippen LogP contribution is 2.30. The van der Waals surface area contributed by atoms with Gasteiger partial charge in [0.2, 0.25) is 0 Å². The van der Waals surface area contributed by atoms with Gasteiger partial charge in [-0.3, -0.25) is 0 Å². The van der Waals surface area contributed by atoms with Gasteiger partial charge >= 0.3 is 12.1 Å². The zero-order valence-electron chi connectivity index (χ0n) is 17.9. The van der Waals surface area contributed by atoms with Gasteiger partial charge in [-0.1, -0.05) is 42.5 Å². The Morgan fingerprint density at radius 1 is 1.03 bits per heavy atom. The Labute approximate surface area is 184 Å². The normalized spacial score (nSPS) is 11.0. The number of carbonyl (C=O) groups excluding carboxylic acids is 2. The Morgan fingerprint density at radius 2 is 1.81 bits per heavy atom. The number of carbonyl (C=O) groups is 2. The molecule has 0 unspecified atom stereocenters. The van der Waals surface area contributed by atoms with Crippen LogP contribution in [0.25, 0.3) is 21.7 Å². The number of ether oxygens (including phenoxy) is 2. The standard InChI is InChI=1S/C25H23FN2O4/c1-3-32-24(29)23-21(14-27-25(30)31-2)20-13-18(26)11-12-22(20)28(23)15-17-9-6-8-16-7-4-5-10-19(16)17/h4-13H,3,14-15H2,1-2H3,(H,27,30). The minimum Gasteiger partial charge on any atom is -0.461 e. The summed E-state index contributed by atoms with van der Waals surface area (Å²) in [5.41, 5.74) is 2.42. The molecule has 0 aliphatic carbocycles. The monoisotopic (exact) mass is 434 g/mol. The third-order valence-electron chi connectivity index (χ3n) is 5.40. The molecule has 0 aliphatic rings. The number of alkyl carbamates (subject to hydrolysis) is 1. The topological polar surface area (TPSA) is 69.6 Å². The smallest absolute Gasteiger partial charge is 0.407 e. The van der Waals surface area contributed by atoms with Gasteiger partial charge in [-0.25, -0.2) is 14.0 Å². The summed E-state index contributed by atoms with van der Waals surface area (Å²) in [7, 11) is 1.26. The van der Waals surface area contributed by atoms with Gasteiger partial charge in [0.15, 0.2) is 0 Å². The Kier molecular flexibility index (Phi) is 6.07. The minimum atomic E-state index is -0.647. The third-order valence-corrected chi connectivity index (χ3v) is 5.40. The van der Waals surface area contributed by atoms with Crippen molar-refractivity contribution in [3.05, 3.63) is 83.3 Å². The molecule has 1 amide bonds. The van der Waals surface area contributed by atoms with Crippen molar-refractivity contribution in [2.45, 2.75) is 20.0 Å². The first-order chi connectivity index (χ1) is 15.5. The SMILES string of the molecule is CCOC(=O)c1c(CNC(=O)OC)c2cc(F)ccc2n1Cc1cccc2ccccc12. The molecule has 32 heavy (non-hydrogen) atoms. The first-order valence-electron chi connectivity index (χ1n) is 10.3. The average Bonchev–Trinajstić information content (AvgIpc) is 3.10. The maximum Gasteiger partial charge on any atom is 0.407 e. The zero-order valence-corrected chi connectivity index (χ0v) is 17.9. The van der Waals surface area contributed by atoms with Gasteiger partial charge in [0.05, 0.1) is 13.7 Å². The molecule has 6 nitrogen and oxygen atoms in total. The van der Waals surface area contributed by atoms with E-state index in [0.717, 1.165) is 16.3 Å². The number of rotatable bonds is 6. The van der Waals surface area contributed by atoms with E-state index in [0.29, 0.717) is 23.0 Å². The molecule has 4 aromatic rings. The summed E-state index contributed by atoms with van der Waals surface area (Å²) >= 11 is 0. The molecule has 4 rings (SSSR count). The van der Waals surface area contributed by atoms with Gasteiger partial charge in [-0.15, -0.1) is 0 Å². The highest BCUT2D eigenvalue weighted by molar-refractivity contribution is 5.99. The summed E-state index contributed by atoms with van der Waals surface area (Å²) < 4.78 is 26.0. The van der Waals surface area contributed by atoms with Crippen molar-refractivity contribution in [2.24, 2.45) is 0 Å². The second kappa shape index (κ2) is 9.09. The van der Waals surface area contributed by atoms with Crippen molar-refractivity contribution in [3.63, 3.8) is 0 Å². The molecule has 0 fully saturated rings. The summed E-state index contributed by atoms with van der Waals surface area (Å²) in [4.78, 5) is 24.7. The summed E-state index contributed by atoms with van der Waals surface area (Å²) in [5.74, 6) is -0.972. The maximum atomic E-state index is 14.2. The summed E-state index contributed by atoms with van der Waals surface area (Å²) in [6.45, 7) is 2.27. The molecule has 0 spiro atoms. The van der Waals surface area contributed by atoms with Gasteiger partial charge in [0.25, 0.3) is 0 Å². The average molecular weight is 434 g/mol. The molecular weight excluding hydrogens is 411 g/mol. The Hall–Kier alpha value is -3.87. The van der Waals surface area contributed by atoms with E-state index in [1.807, 2.05) is 47.0 Å².